The highest BCUT2D eigenvalue weighted by atomic mass is 127. The maximum atomic E-state index is 5.56. The second-order valence-corrected chi connectivity index (χ2v) is 8.33. The van der Waals surface area contributed by atoms with E-state index in [1.54, 1.807) is 6.20 Å². The predicted octanol–water partition coefficient (Wildman–Crippen LogP) is 3.68. The van der Waals surface area contributed by atoms with Crippen molar-refractivity contribution in [3.05, 3.63) is 70.9 Å². The Hall–Kier alpha value is -1.95. The van der Waals surface area contributed by atoms with Gasteiger partial charge in [-0.25, -0.2) is 9.98 Å². The van der Waals surface area contributed by atoms with E-state index in [1.807, 2.05) is 34.5 Å². The third-order valence-corrected chi connectivity index (χ3v) is 6.32. The SMILES string of the molecule is CCNC(=NCc1ccccc1-n1ccnc1)NCC(c1cccs1)N1CCOCC1.I. The first-order valence-corrected chi connectivity index (χ1v) is 11.7. The summed E-state index contributed by atoms with van der Waals surface area (Å²) in [6, 6.07) is 13.0. The Morgan fingerprint density at radius 3 is 2.75 bits per heavy atom. The van der Waals surface area contributed by atoms with E-state index < -0.39 is 0 Å². The van der Waals surface area contributed by atoms with Crippen molar-refractivity contribution in [2.45, 2.75) is 19.5 Å². The van der Waals surface area contributed by atoms with Crippen molar-refractivity contribution in [2.24, 2.45) is 4.99 Å². The van der Waals surface area contributed by atoms with E-state index in [-0.39, 0.29) is 24.0 Å². The quantitative estimate of drug-likeness (QED) is 0.248. The molecule has 1 aromatic carbocycles. The lowest BCUT2D eigenvalue weighted by Gasteiger charge is -2.34. The number of hydrogen-bond donors (Lipinski definition) is 2. The Bertz CT molecular complexity index is 941. The van der Waals surface area contributed by atoms with Crippen LogP contribution in [0.1, 0.15) is 23.4 Å². The molecule has 1 atom stereocenters. The number of thiophene rings is 1. The molecule has 4 rings (SSSR count). The number of rotatable bonds is 8. The summed E-state index contributed by atoms with van der Waals surface area (Å²) in [5.41, 5.74) is 2.25. The van der Waals surface area contributed by atoms with E-state index in [9.17, 15) is 0 Å². The molecular formula is C23H31IN6OS. The number of nitrogens with zero attached hydrogens (tertiary/aromatic N) is 4. The average molecular weight is 567 g/mol. The first kappa shape index (κ1) is 24.7. The van der Waals surface area contributed by atoms with Crippen LogP contribution in [0.2, 0.25) is 0 Å². The fourth-order valence-corrected chi connectivity index (χ4v) is 4.64. The molecule has 1 unspecified atom stereocenters. The van der Waals surface area contributed by atoms with Crippen molar-refractivity contribution in [1.29, 1.82) is 0 Å². The van der Waals surface area contributed by atoms with E-state index in [1.165, 1.54) is 4.88 Å². The van der Waals surface area contributed by atoms with Crippen LogP contribution in [0.25, 0.3) is 5.69 Å². The van der Waals surface area contributed by atoms with Gasteiger partial charge in [0.15, 0.2) is 5.96 Å². The Morgan fingerprint density at radius 1 is 1.19 bits per heavy atom. The van der Waals surface area contributed by atoms with Gasteiger partial charge in [0.1, 0.15) is 0 Å². The molecule has 0 amide bonds. The number of halogens is 1. The highest BCUT2D eigenvalue weighted by molar-refractivity contribution is 14.0. The fraction of sp³-hybridized carbons (Fsp3) is 0.391. The first-order chi connectivity index (χ1) is 15.3. The van der Waals surface area contributed by atoms with Crippen LogP contribution in [0.4, 0.5) is 0 Å². The van der Waals surface area contributed by atoms with Crippen molar-refractivity contribution in [3.63, 3.8) is 0 Å². The smallest absolute Gasteiger partial charge is 0.191 e. The van der Waals surface area contributed by atoms with Crippen molar-refractivity contribution in [3.8, 4) is 5.69 Å². The molecule has 7 nitrogen and oxygen atoms in total. The van der Waals surface area contributed by atoms with Gasteiger partial charge in [0.2, 0.25) is 0 Å². The van der Waals surface area contributed by atoms with E-state index in [0.717, 1.165) is 56.6 Å². The topological polar surface area (TPSA) is 66.7 Å². The molecule has 0 saturated carbocycles. The van der Waals surface area contributed by atoms with E-state index in [4.69, 9.17) is 9.73 Å². The molecular weight excluding hydrogens is 535 g/mol. The molecule has 0 bridgehead atoms. The van der Waals surface area contributed by atoms with Gasteiger partial charge >= 0.3 is 0 Å². The van der Waals surface area contributed by atoms with Crippen LogP contribution in [0.15, 0.2) is 65.5 Å². The van der Waals surface area contributed by atoms with E-state index in [2.05, 4.69) is 63.2 Å². The highest BCUT2D eigenvalue weighted by Gasteiger charge is 2.23. The molecule has 1 saturated heterocycles. The van der Waals surface area contributed by atoms with E-state index >= 15 is 0 Å². The molecule has 3 heterocycles. The minimum atomic E-state index is 0. The normalized spacial score (nSPS) is 15.7. The van der Waals surface area contributed by atoms with Crippen LogP contribution in [-0.4, -0.2) is 59.8 Å². The predicted molar refractivity (Wildman–Crippen MR) is 141 cm³/mol. The molecule has 2 aromatic heterocycles. The van der Waals surface area contributed by atoms with Crippen molar-refractivity contribution < 1.29 is 4.74 Å². The summed E-state index contributed by atoms with van der Waals surface area (Å²) in [6.45, 7) is 7.79. The number of morpholine rings is 1. The van der Waals surface area contributed by atoms with Gasteiger partial charge in [0.05, 0.1) is 37.8 Å². The monoisotopic (exact) mass is 566 g/mol. The second-order valence-electron chi connectivity index (χ2n) is 7.35. The minimum Gasteiger partial charge on any atom is -0.379 e. The van der Waals surface area contributed by atoms with Gasteiger partial charge in [-0.3, -0.25) is 4.90 Å². The molecule has 1 aliphatic rings. The third-order valence-electron chi connectivity index (χ3n) is 5.35. The van der Waals surface area contributed by atoms with Gasteiger partial charge in [0, 0.05) is 43.4 Å². The summed E-state index contributed by atoms with van der Waals surface area (Å²) in [4.78, 5) is 12.9. The Morgan fingerprint density at radius 2 is 2.03 bits per heavy atom. The Kier molecular flexibility index (Phi) is 9.97. The van der Waals surface area contributed by atoms with Crippen molar-refractivity contribution >= 4 is 41.3 Å². The number of ether oxygens (including phenoxy) is 1. The van der Waals surface area contributed by atoms with Crippen LogP contribution < -0.4 is 10.6 Å². The summed E-state index contributed by atoms with van der Waals surface area (Å²) in [7, 11) is 0. The fourth-order valence-electron chi connectivity index (χ4n) is 3.78. The average Bonchev–Trinajstić information content (AvgIpc) is 3.53. The lowest BCUT2D eigenvalue weighted by molar-refractivity contribution is 0.0177. The molecule has 0 aliphatic carbocycles. The standard InChI is InChI=1S/C23H30N6OS.HI/c1-2-25-23(26-16-19-6-3-4-7-20(19)29-10-9-24-18-29)27-17-21(22-8-5-15-31-22)28-11-13-30-14-12-28;/h3-10,15,18,21H,2,11-14,16-17H2,1H3,(H2,25,26,27);1H. The van der Waals surface area contributed by atoms with Gasteiger partial charge in [-0.05, 0) is 30.0 Å². The minimum absolute atomic E-state index is 0. The maximum Gasteiger partial charge on any atom is 0.191 e. The van der Waals surface area contributed by atoms with Crippen molar-refractivity contribution in [1.82, 2.24) is 25.1 Å². The molecule has 3 aromatic rings. The number of imidazole rings is 1. The zero-order chi connectivity index (χ0) is 21.3. The molecule has 1 fully saturated rings. The molecule has 2 N–H and O–H groups in total. The van der Waals surface area contributed by atoms with Gasteiger partial charge in [-0.2, -0.15) is 0 Å². The largest absolute Gasteiger partial charge is 0.379 e. The van der Waals surface area contributed by atoms with Crippen molar-refractivity contribution in [2.75, 3.05) is 39.4 Å². The van der Waals surface area contributed by atoms with Crippen LogP contribution in [0, 0.1) is 0 Å². The Labute approximate surface area is 210 Å². The number of guanidine groups is 1. The van der Waals surface area contributed by atoms with Crippen LogP contribution in [-0.2, 0) is 11.3 Å². The zero-order valence-electron chi connectivity index (χ0n) is 18.3. The molecule has 1 aliphatic heterocycles. The highest BCUT2D eigenvalue weighted by Crippen LogP contribution is 2.25. The van der Waals surface area contributed by atoms with Crippen LogP contribution >= 0.6 is 35.3 Å². The summed E-state index contributed by atoms with van der Waals surface area (Å²) >= 11 is 1.81. The number of aliphatic imine (C=N–C) groups is 1. The van der Waals surface area contributed by atoms with Crippen LogP contribution in [0.5, 0.6) is 0 Å². The van der Waals surface area contributed by atoms with Crippen LogP contribution in [0.3, 0.4) is 0 Å². The lowest BCUT2D eigenvalue weighted by atomic mass is 10.2. The third kappa shape index (κ3) is 6.53. The second kappa shape index (κ2) is 12.9. The van der Waals surface area contributed by atoms with Gasteiger partial charge in [0.25, 0.3) is 0 Å². The number of hydrogen-bond acceptors (Lipinski definition) is 5. The zero-order valence-corrected chi connectivity index (χ0v) is 21.5. The number of benzene rings is 1. The molecule has 9 heteroatoms. The Balaban J connectivity index is 0.00000289. The lowest BCUT2D eigenvalue weighted by Crippen LogP contribution is -2.46. The molecule has 32 heavy (non-hydrogen) atoms. The molecule has 172 valence electrons. The van der Waals surface area contributed by atoms with Gasteiger partial charge in [-0.1, -0.05) is 24.3 Å². The summed E-state index contributed by atoms with van der Waals surface area (Å²) in [5.74, 6) is 0.831. The van der Waals surface area contributed by atoms with Gasteiger partial charge < -0.3 is 19.9 Å². The molecule has 0 radical (unpaired) electrons. The van der Waals surface area contributed by atoms with E-state index in [0.29, 0.717) is 12.6 Å². The number of para-hydroxylation sites is 1. The molecule has 0 spiro atoms. The number of nitrogens with one attached hydrogen (secondary N) is 2. The summed E-state index contributed by atoms with van der Waals surface area (Å²) < 4.78 is 7.58. The van der Waals surface area contributed by atoms with Gasteiger partial charge in [-0.15, -0.1) is 35.3 Å². The summed E-state index contributed by atoms with van der Waals surface area (Å²) in [5, 5.41) is 9.11. The maximum absolute atomic E-state index is 5.56. The number of aromatic nitrogens is 2. The summed E-state index contributed by atoms with van der Waals surface area (Å²) in [6.07, 6.45) is 5.57. The first-order valence-electron chi connectivity index (χ1n) is 10.8.